The van der Waals surface area contributed by atoms with Crippen LogP contribution in [0.3, 0.4) is 0 Å². The van der Waals surface area contributed by atoms with Gasteiger partial charge in [-0.25, -0.2) is 8.42 Å². The molecule has 0 spiro atoms. The van der Waals surface area contributed by atoms with Gasteiger partial charge in [0.05, 0.1) is 10.6 Å². The largest absolute Gasteiger partial charge is 0.341 e. The molecule has 1 fully saturated rings. The van der Waals surface area contributed by atoms with E-state index in [0.717, 1.165) is 29.1 Å². The number of hydrogen-bond donors (Lipinski definition) is 0. The number of amides is 1. The van der Waals surface area contributed by atoms with Gasteiger partial charge in [-0.05, 0) is 68.0 Å². The number of likely N-dealkylation sites (tertiary alicyclic amines) is 1. The van der Waals surface area contributed by atoms with E-state index in [2.05, 4.69) is 12.1 Å². The molecule has 0 atom stereocenters. The predicted octanol–water partition coefficient (Wildman–Crippen LogP) is 5.98. The quantitative estimate of drug-likeness (QED) is 0.377. The van der Waals surface area contributed by atoms with Gasteiger partial charge < -0.3 is 4.90 Å². The Hall–Kier alpha value is -2.54. The van der Waals surface area contributed by atoms with Crippen molar-refractivity contribution in [3.8, 4) is 0 Å². The molecule has 184 valence electrons. The fourth-order valence-corrected chi connectivity index (χ4v) is 6.30. The smallest absolute Gasteiger partial charge is 0.264 e. The van der Waals surface area contributed by atoms with Gasteiger partial charge in [-0.15, -0.1) is 0 Å². The van der Waals surface area contributed by atoms with Gasteiger partial charge in [0.25, 0.3) is 10.0 Å². The minimum atomic E-state index is -4.02. The van der Waals surface area contributed by atoms with E-state index in [9.17, 15) is 13.2 Å². The zero-order valence-corrected chi connectivity index (χ0v) is 21.9. The first kappa shape index (κ1) is 25.5. The molecule has 0 radical (unpaired) electrons. The van der Waals surface area contributed by atoms with Crippen molar-refractivity contribution in [1.29, 1.82) is 0 Å². The summed E-state index contributed by atoms with van der Waals surface area (Å²) in [6.07, 6.45) is 2.75. The van der Waals surface area contributed by atoms with Gasteiger partial charge in [0.1, 0.15) is 6.54 Å². The number of benzene rings is 3. The van der Waals surface area contributed by atoms with Crippen molar-refractivity contribution >= 4 is 44.8 Å². The third-order valence-corrected chi connectivity index (χ3v) is 8.58. The molecule has 35 heavy (non-hydrogen) atoms. The van der Waals surface area contributed by atoms with E-state index < -0.39 is 10.0 Å². The molecule has 3 aromatic rings. The number of aryl methyl sites for hydroxylation is 1. The second-order valence-corrected chi connectivity index (χ2v) is 11.7. The first-order valence-electron chi connectivity index (χ1n) is 11.6. The van der Waals surface area contributed by atoms with Gasteiger partial charge in [0.15, 0.2) is 0 Å². The number of anilines is 1. The van der Waals surface area contributed by atoms with E-state index >= 15 is 0 Å². The number of sulfonamides is 1. The Morgan fingerprint density at radius 3 is 2.14 bits per heavy atom. The molecule has 0 bridgehead atoms. The lowest BCUT2D eigenvalue weighted by Crippen LogP contribution is -2.46. The number of carbonyl (C=O) groups excluding carboxylic acids is 1. The third kappa shape index (κ3) is 6.37. The van der Waals surface area contributed by atoms with Crippen molar-refractivity contribution in [3.05, 3.63) is 94.0 Å². The average molecular weight is 532 g/mol. The molecule has 0 unspecified atom stereocenters. The van der Waals surface area contributed by atoms with E-state index in [0.29, 0.717) is 29.1 Å². The van der Waals surface area contributed by atoms with Crippen LogP contribution in [-0.4, -0.2) is 38.9 Å². The maximum atomic E-state index is 13.6. The van der Waals surface area contributed by atoms with E-state index in [1.165, 1.54) is 23.8 Å². The summed E-state index contributed by atoms with van der Waals surface area (Å²) in [5.74, 6) is 0.260. The highest BCUT2D eigenvalue weighted by molar-refractivity contribution is 7.92. The fourth-order valence-electron chi connectivity index (χ4n) is 4.39. The number of rotatable bonds is 7. The molecule has 0 N–H and O–H groups in total. The standard InChI is InChI=1S/C27H28Cl2N2O3S/c1-20-7-9-26(10-8-20)35(33,34)31(25-17-23(28)16-24(29)18-25)19-27(32)30-13-11-22(12-14-30)15-21-5-3-2-4-6-21/h2-10,16-18,22H,11-15,19H2,1H3. The van der Waals surface area contributed by atoms with Crippen molar-refractivity contribution in [3.63, 3.8) is 0 Å². The maximum absolute atomic E-state index is 13.6. The molecule has 0 saturated carbocycles. The van der Waals surface area contributed by atoms with Gasteiger partial charge in [-0.1, -0.05) is 71.2 Å². The van der Waals surface area contributed by atoms with Crippen LogP contribution in [0.2, 0.25) is 10.0 Å². The average Bonchev–Trinajstić information content (AvgIpc) is 2.83. The van der Waals surface area contributed by atoms with Crippen LogP contribution >= 0.6 is 23.2 Å². The van der Waals surface area contributed by atoms with Crippen LogP contribution in [0.15, 0.2) is 77.7 Å². The van der Waals surface area contributed by atoms with Crippen LogP contribution in [0.25, 0.3) is 0 Å². The van der Waals surface area contributed by atoms with Gasteiger partial charge in [0.2, 0.25) is 5.91 Å². The Balaban J connectivity index is 1.52. The molecule has 4 rings (SSSR count). The first-order chi connectivity index (χ1) is 16.7. The highest BCUT2D eigenvalue weighted by atomic mass is 35.5. The number of carbonyl (C=O) groups is 1. The first-order valence-corrected chi connectivity index (χ1v) is 13.8. The minimum Gasteiger partial charge on any atom is -0.341 e. The van der Waals surface area contributed by atoms with Crippen LogP contribution < -0.4 is 4.31 Å². The van der Waals surface area contributed by atoms with E-state index in [1.807, 2.05) is 25.1 Å². The lowest BCUT2D eigenvalue weighted by Gasteiger charge is -2.34. The Morgan fingerprint density at radius 2 is 1.54 bits per heavy atom. The Labute approximate surface area is 217 Å². The van der Waals surface area contributed by atoms with Crippen molar-refractivity contribution in [1.82, 2.24) is 4.90 Å². The summed E-state index contributed by atoms with van der Waals surface area (Å²) < 4.78 is 28.3. The van der Waals surface area contributed by atoms with E-state index in [4.69, 9.17) is 23.2 Å². The number of nitrogens with zero attached hydrogens (tertiary/aromatic N) is 2. The third-order valence-electron chi connectivity index (χ3n) is 6.36. The molecule has 1 heterocycles. The van der Waals surface area contributed by atoms with Crippen LogP contribution in [0.5, 0.6) is 0 Å². The molecule has 5 nitrogen and oxygen atoms in total. The Bertz CT molecular complexity index is 1250. The molecule has 1 aliphatic rings. The van der Waals surface area contributed by atoms with Crippen molar-refractivity contribution in [2.45, 2.75) is 31.1 Å². The summed E-state index contributed by atoms with van der Waals surface area (Å²) in [5.41, 5.74) is 2.50. The van der Waals surface area contributed by atoms with E-state index in [-0.39, 0.29) is 23.0 Å². The van der Waals surface area contributed by atoms with Gasteiger partial charge in [0, 0.05) is 23.1 Å². The molecule has 8 heteroatoms. The highest BCUT2D eigenvalue weighted by Crippen LogP contribution is 2.30. The number of hydrogen-bond acceptors (Lipinski definition) is 3. The van der Waals surface area contributed by atoms with Crippen LogP contribution in [0, 0.1) is 12.8 Å². The normalized spacial score (nSPS) is 14.7. The zero-order valence-electron chi connectivity index (χ0n) is 19.5. The van der Waals surface area contributed by atoms with Crippen molar-refractivity contribution < 1.29 is 13.2 Å². The molecule has 3 aromatic carbocycles. The van der Waals surface area contributed by atoms with Crippen LogP contribution in [0.1, 0.15) is 24.0 Å². The van der Waals surface area contributed by atoms with Crippen LogP contribution in [-0.2, 0) is 21.2 Å². The molecular formula is C27H28Cl2N2O3S. The number of halogens is 2. The van der Waals surface area contributed by atoms with Gasteiger partial charge >= 0.3 is 0 Å². The predicted molar refractivity (Wildman–Crippen MR) is 142 cm³/mol. The Morgan fingerprint density at radius 1 is 0.943 bits per heavy atom. The number of piperidine rings is 1. The summed E-state index contributed by atoms with van der Waals surface area (Å²) in [5, 5.41) is 0.594. The van der Waals surface area contributed by atoms with Gasteiger partial charge in [-0.3, -0.25) is 9.10 Å². The monoisotopic (exact) mass is 530 g/mol. The summed E-state index contributed by atoms with van der Waals surface area (Å²) in [4.78, 5) is 15.2. The zero-order chi connectivity index (χ0) is 25.0. The highest BCUT2D eigenvalue weighted by Gasteiger charge is 2.31. The summed E-state index contributed by atoms with van der Waals surface area (Å²) in [7, 11) is -4.02. The molecule has 1 saturated heterocycles. The molecule has 1 amide bonds. The Kier molecular flexibility index (Phi) is 8.05. The molecule has 0 aliphatic carbocycles. The van der Waals surface area contributed by atoms with Crippen molar-refractivity contribution in [2.24, 2.45) is 5.92 Å². The van der Waals surface area contributed by atoms with Crippen molar-refractivity contribution in [2.75, 3.05) is 23.9 Å². The van der Waals surface area contributed by atoms with E-state index in [1.54, 1.807) is 29.2 Å². The molecular weight excluding hydrogens is 503 g/mol. The maximum Gasteiger partial charge on any atom is 0.264 e. The lowest BCUT2D eigenvalue weighted by molar-refractivity contribution is -0.130. The van der Waals surface area contributed by atoms with Crippen LogP contribution in [0.4, 0.5) is 5.69 Å². The minimum absolute atomic E-state index is 0.105. The molecule has 0 aromatic heterocycles. The fraction of sp³-hybridized carbons (Fsp3) is 0.296. The second-order valence-electron chi connectivity index (χ2n) is 8.97. The topological polar surface area (TPSA) is 57.7 Å². The summed E-state index contributed by atoms with van der Waals surface area (Å²) >= 11 is 12.4. The molecule has 1 aliphatic heterocycles. The van der Waals surface area contributed by atoms with Gasteiger partial charge in [-0.2, -0.15) is 0 Å². The summed E-state index contributed by atoms with van der Waals surface area (Å²) in [6.45, 7) is 2.77. The lowest BCUT2D eigenvalue weighted by atomic mass is 9.90. The SMILES string of the molecule is Cc1ccc(S(=O)(=O)N(CC(=O)N2CCC(Cc3ccccc3)CC2)c2cc(Cl)cc(Cl)c2)cc1. The second kappa shape index (κ2) is 11.0. The summed E-state index contributed by atoms with van der Waals surface area (Å²) in [6, 6.07) is 21.5.